The Morgan fingerprint density at radius 1 is 1.45 bits per heavy atom. The van der Waals surface area contributed by atoms with Crippen molar-refractivity contribution in [1.82, 2.24) is 25.3 Å². The van der Waals surface area contributed by atoms with E-state index in [1.54, 1.807) is 12.4 Å². The Bertz CT molecular complexity index is 647. The van der Waals surface area contributed by atoms with E-state index >= 15 is 0 Å². The smallest absolute Gasteiger partial charge is 0.273 e. The lowest BCUT2D eigenvalue weighted by Gasteiger charge is -2.15. The van der Waals surface area contributed by atoms with Crippen LogP contribution in [0.15, 0.2) is 23.1 Å². The highest BCUT2D eigenvalue weighted by Crippen LogP contribution is 2.40. The third kappa shape index (κ3) is 2.89. The van der Waals surface area contributed by atoms with Crippen LogP contribution in [-0.4, -0.2) is 45.1 Å². The van der Waals surface area contributed by atoms with Crippen LogP contribution in [0.4, 0.5) is 0 Å². The molecule has 0 aromatic carbocycles. The molecular formula is C15H19N5O2. The van der Waals surface area contributed by atoms with Gasteiger partial charge in [0.25, 0.3) is 5.91 Å². The van der Waals surface area contributed by atoms with Gasteiger partial charge in [0.1, 0.15) is 5.76 Å². The highest BCUT2D eigenvalue weighted by Gasteiger charge is 2.30. The van der Waals surface area contributed by atoms with E-state index < -0.39 is 0 Å². The van der Waals surface area contributed by atoms with Gasteiger partial charge in [0.05, 0.1) is 12.0 Å². The molecule has 2 aromatic heterocycles. The van der Waals surface area contributed by atoms with Crippen LogP contribution in [-0.2, 0) is 6.54 Å². The molecule has 1 aliphatic carbocycles. The number of hydrogen-bond acceptors (Lipinski definition) is 5. The summed E-state index contributed by atoms with van der Waals surface area (Å²) in [5, 5.41) is 6.93. The molecule has 0 radical (unpaired) electrons. The van der Waals surface area contributed by atoms with Gasteiger partial charge in [-0.3, -0.25) is 9.69 Å². The Hall–Kier alpha value is -2.15. The number of imidazole rings is 1. The Morgan fingerprint density at radius 2 is 2.36 bits per heavy atom. The molecule has 4 rings (SSSR count). The van der Waals surface area contributed by atoms with Crippen LogP contribution in [0.3, 0.4) is 0 Å². The molecule has 2 fully saturated rings. The Morgan fingerprint density at radius 3 is 3.14 bits per heavy atom. The Balaban J connectivity index is 1.30. The van der Waals surface area contributed by atoms with Crippen LogP contribution in [0.2, 0.25) is 0 Å². The van der Waals surface area contributed by atoms with E-state index in [-0.39, 0.29) is 11.9 Å². The van der Waals surface area contributed by atoms with Crippen molar-refractivity contribution in [3.63, 3.8) is 0 Å². The Labute approximate surface area is 128 Å². The maximum atomic E-state index is 12.2. The fraction of sp³-hybridized carbons (Fsp3) is 0.533. The second-order valence-corrected chi connectivity index (χ2v) is 6.14. The lowest BCUT2D eigenvalue weighted by molar-refractivity contribution is 0.0928. The second kappa shape index (κ2) is 5.57. The molecule has 2 N–H and O–H groups in total. The number of H-pyrrole nitrogens is 1. The molecule has 1 amide bonds. The van der Waals surface area contributed by atoms with Crippen LogP contribution in [0.1, 0.15) is 47.1 Å². The zero-order valence-corrected chi connectivity index (χ0v) is 12.3. The van der Waals surface area contributed by atoms with Gasteiger partial charge in [0.2, 0.25) is 0 Å². The molecule has 7 heteroatoms. The van der Waals surface area contributed by atoms with Crippen LogP contribution < -0.4 is 5.32 Å². The molecule has 0 spiro atoms. The molecule has 0 bridgehead atoms. The predicted octanol–water partition coefficient (Wildman–Crippen LogP) is 1.28. The number of likely N-dealkylation sites (tertiary alicyclic amines) is 1. The number of rotatable bonds is 5. The molecule has 1 aliphatic heterocycles. The first-order valence-electron chi connectivity index (χ1n) is 7.75. The van der Waals surface area contributed by atoms with Crippen molar-refractivity contribution < 1.29 is 9.32 Å². The van der Waals surface area contributed by atoms with E-state index in [2.05, 4.69) is 25.3 Å². The first-order valence-corrected chi connectivity index (χ1v) is 7.75. The third-order valence-electron chi connectivity index (χ3n) is 4.29. The summed E-state index contributed by atoms with van der Waals surface area (Å²) in [4.78, 5) is 21.7. The largest absolute Gasteiger partial charge is 0.360 e. The number of aromatic amines is 1. The van der Waals surface area contributed by atoms with Gasteiger partial charge in [-0.15, -0.1) is 0 Å². The van der Waals surface area contributed by atoms with Crippen molar-refractivity contribution in [2.75, 3.05) is 13.1 Å². The molecule has 3 heterocycles. The van der Waals surface area contributed by atoms with E-state index in [1.165, 1.54) is 0 Å². The number of nitrogens with one attached hydrogen (secondary N) is 2. The van der Waals surface area contributed by atoms with E-state index in [4.69, 9.17) is 4.52 Å². The number of hydrogen-bond donors (Lipinski definition) is 2. The topological polar surface area (TPSA) is 87.0 Å². The molecule has 0 unspecified atom stereocenters. The zero-order valence-electron chi connectivity index (χ0n) is 12.3. The Kier molecular flexibility index (Phi) is 3.42. The molecule has 1 saturated heterocycles. The minimum absolute atomic E-state index is 0.137. The molecule has 116 valence electrons. The van der Waals surface area contributed by atoms with Crippen LogP contribution in [0, 0.1) is 0 Å². The van der Waals surface area contributed by atoms with Gasteiger partial charge in [-0.05, 0) is 19.3 Å². The van der Waals surface area contributed by atoms with Gasteiger partial charge in [-0.2, -0.15) is 0 Å². The van der Waals surface area contributed by atoms with E-state index in [9.17, 15) is 4.79 Å². The lowest BCUT2D eigenvalue weighted by Crippen LogP contribution is -2.37. The number of nitrogens with zero attached hydrogens (tertiary/aromatic N) is 3. The summed E-state index contributed by atoms with van der Waals surface area (Å²) in [6.07, 6.45) is 6.82. The third-order valence-corrected chi connectivity index (χ3v) is 4.29. The average Bonchev–Trinajstić information content (AvgIpc) is 2.96. The monoisotopic (exact) mass is 301 g/mol. The molecule has 2 aromatic rings. The van der Waals surface area contributed by atoms with Crippen LogP contribution in [0.5, 0.6) is 0 Å². The average molecular weight is 301 g/mol. The maximum absolute atomic E-state index is 12.2. The van der Waals surface area contributed by atoms with Crippen molar-refractivity contribution in [3.8, 4) is 0 Å². The fourth-order valence-corrected chi connectivity index (χ4v) is 2.92. The highest BCUT2D eigenvalue weighted by atomic mass is 16.5. The van der Waals surface area contributed by atoms with Gasteiger partial charge in [-0.25, -0.2) is 4.98 Å². The highest BCUT2D eigenvalue weighted by molar-refractivity contribution is 5.92. The van der Waals surface area contributed by atoms with Gasteiger partial charge in [0, 0.05) is 43.9 Å². The van der Waals surface area contributed by atoms with E-state index in [0.29, 0.717) is 11.6 Å². The summed E-state index contributed by atoms with van der Waals surface area (Å²) < 4.78 is 5.23. The summed E-state index contributed by atoms with van der Waals surface area (Å²) in [5.41, 5.74) is 1.42. The summed E-state index contributed by atoms with van der Waals surface area (Å²) >= 11 is 0. The number of amides is 1. The predicted molar refractivity (Wildman–Crippen MR) is 78.2 cm³/mol. The number of aromatic nitrogens is 3. The number of carbonyl (C=O) groups is 1. The first-order chi connectivity index (χ1) is 10.8. The zero-order chi connectivity index (χ0) is 14.9. The summed E-state index contributed by atoms with van der Waals surface area (Å²) in [6, 6.07) is 1.94. The van der Waals surface area contributed by atoms with E-state index in [1.807, 2.05) is 6.20 Å². The van der Waals surface area contributed by atoms with Crippen molar-refractivity contribution >= 4 is 5.91 Å². The van der Waals surface area contributed by atoms with Crippen molar-refractivity contribution in [1.29, 1.82) is 0 Å². The van der Waals surface area contributed by atoms with Crippen LogP contribution in [0.25, 0.3) is 0 Å². The van der Waals surface area contributed by atoms with Gasteiger partial charge >= 0.3 is 0 Å². The SMILES string of the molecule is O=C(N[C@H]1CCN(Cc2c[nH]cn2)C1)c1cc(C2CC2)on1. The minimum Gasteiger partial charge on any atom is -0.360 e. The standard InChI is InChI=1S/C15H19N5O2/c21-15(13-5-14(22-19-13)10-1-2-10)18-11-3-4-20(7-11)8-12-6-16-9-17-12/h5-6,9-11H,1-4,7-8H2,(H,16,17)(H,18,21)/t11-/m0/s1. The molecule has 2 aliphatic rings. The van der Waals surface area contributed by atoms with E-state index in [0.717, 1.165) is 50.4 Å². The summed E-state index contributed by atoms with van der Waals surface area (Å²) in [6.45, 7) is 2.61. The summed E-state index contributed by atoms with van der Waals surface area (Å²) in [7, 11) is 0. The summed E-state index contributed by atoms with van der Waals surface area (Å²) in [5.74, 6) is 1.18. The first kappa shape index (κ1) is 13.5. The van der Waals surface area contributed by atoms with Crippen molar-refractivity contribution in [2.24, 2.45) is 0 Å². The molecule has 1 saturated carbocycles. The molecule has 7 nitrogen and oxygen atoms in total. The molecular weight excluding hydrogens is 282 g/mol. The second-order valence-electron chi connectivity index (χ2n) is 6.14. The van der Waals surface area contributed by atoms with Gasteiger partial charge in [0.15, 0.2) is 5.69 Å². The van der Waals surface area contributed by atoms with Crippen molar-refractivity contribution in [3.05, 3.63) is 35.7 Å². The quantitative estimate of drug-likeness (QED) is 0.868. The number of carbonyl (C=O) groups excluding carboxylic acids is 1. The van der Waals surface area contributed by atoms with Crippen LogP contribution >= 0.6 is 0 Å². The van der Waals surface area contributed by atoms with Gasteiger partial charge in [-0.1, -0.05) is 5.16 Å². The maximum Gasteiger partial charge on any atom is 0.273 e. The molecule has 22 heavy (non-hydrogen) atoms. The molecule has 1 atom stereocenters. The lowest BCUT2D eigenvalue weighted by atomic mass is 10.2. The van der Waals surface area contributed by atoms with Crippen molar-refractivity contribution in [2.45, 2.75) is 37.8 Å². The fourth-order valence-electron chi connectivity index (χ4n) is 2.92. The normalized spacial score (nSPS) is 22.1. The minimum atomic E-state index is -0.137. The van der Waals surface area contributed by atoms with Gasteiger partial charge < -0.3 is 14.8 Å².